The summed E-state index contributed by atoms with van der Waals surface area (Å²) >= 11 is 0. The van der Waals surface area contributed by atoms with Crippen LogP contribution in [0, 0.1) is 0 Å². The molecule has 0 bridgehead atoms. The number of carbonyl (C=O) groups is 1. The SMILES string of the molecule is CC1CN(c2nn(C)c3c2CN(C=O)CC3)c2ccc(-c3cnn(C)c3)cc21. The zero-order chi connectivity index (χ0) is 19.4. The minimum absolute atomic E-state index is 0.412. The van der Waals surface area contributed by atoms with Crippen LogP contribution in [-0.2, 0) is 31.9 Å². The van der Waals surface area contributed by atoms with Crippen LogP contribution >= 0.6 is 0 Å². The molecular formula is C21H24N6O. The minimum Gasteiger partial charge on any atom is -0.340 e. The zero-order valence-electron chi connectivity index (χ0n) is 16.5. The molecule has 0 fully saturated rings. The van der Waals surface area contributed by atoms with Crippen LogP contribution in [0.4, 0.5) is 11.5 Å². The van der Waals surface area contributed by atoms with Gasteiger partial charge in [0.2, 0.25) is 6.41 Å². The Morgan fingerprint density at radius 1 is 1.21 bits per heavy atom. The van der Waals surface area contributed by atoms with E-state index in [-0.39, 0.29) is 0 Å². The Bertz CT molecular complexity index is 1070. The van der Waals surface area contributed by atoms with Gasteiger partial charge < -0.3 is 9.80 Å². The van der Waals surface area contributed by atoms with Crippen LogP contribution in [0.2, 0.25) is 0 Å². The molecule has 2 aromatic heterocycles. The number of anilines is 2. The fourth-order valence-corrected chi connectivity index (χ4v) is 4.52. The van der Waals surface area contributed by atoms with Gasteiger partial charge in [-0.15, -0.1) is 0 Å². The fraction of sp³-hybridized carbons (Fsp3) is 0.381. The molecule has 1 amide bonds. The molecule has 28 heavy (non-hydrogen) atoms. The molecule has 7 heteroatoms. The summed E-state index contributed by atoms with van der Waals surface area (Å²) in [4.78, 5) is 15.5. The quantitative estimate of drug-likeness (QED) is 0.660. The molecule has 1 aromatic carbocycles. The first-order valence-corrected chi connectivity index (χ1v) is 9.69. The highest BCUT2D eigenvalue weighted by atomic mass is 16.1. The summed E-state index contributed by atoms with van der Waals surface area (Å²) in [7, 11) is 3.94. The van der Waals surface area contributed by atoms with Crippen molar-refractivity contribution in [2.75, 3.05) is 18.0 Å². The van der Waals surface area contributed by atoms with Crippen molar-refractivity contribution >= 4 is 17.9 Å². The Morgan fingerprint density at radius 2 is 2.07 bits per heavy atom. The maximum absolute atomic E-state index is 11.3. The van der Waals surface area contributed by atoms with Crippen molar-refractivity contribution in [1.29, 1.82) is 0 Å². The van der Waals surface area contributed by atoms with Gasteiger partial charge in [0.25, 0.3) is 0 Å². The molecular weight excluding hydrogens is 352 g/mol. The number of nitrogens with zero attached hydrogens (tertiary/aromatic N) is 6. The number of aromatic nitrogens is 4. The van der Waals surface area contributed by atoms with Gasteiger partial charge in [-0.05, 0) is 23.3 Å². The highest BCUT2D eigenvalue weighted by Gasteiger charge is 2.33. The summed E-state index contributed by atoms with van der Waals surface area (Å²) in [6, 6.07) is 6.64. The number of hydrogen-bond donors (Lipinski definition) is 0. The molecule has 2 aliphatic rings. The lowest BCUT2D eigenvalue weighted by atomic mass is 9.99. The number of rotatable bonds is 3. The summed E-state index contributed by atoms with van der Waals surface area (Å²) in [5, 5.41) is 9.14. The third kappa shape index (κ3) is 2.53. The van der Waals surface area contributed by atoms with Gasteiger partial charge in [0, 0.05) is 68.2 Å². The first-order chi connectivity index (χ1) is 13.5. The Labute approximate surface area is 164 Å². The Balaban J connectivity index is 1.56. The molecule has 4 heterocycles. The summed E-state index contributed by atoms with van der Waals surface area (Å²) < 4.78 is 3.82. The van der Waals surface area contributed by atoms with E-state index in [1.165, 1.54) is 28.1 Å². The van der Waals surface area contributed by atoms with Crippen LogP contribution < -0.4 is 4.90 Å². The molecule has 0 saturated carbocycles. The first-order valence-electron chi connectivity index (χ1n) is 9.69. The van der Waals surface area contributed by atoms with Crippen molar-refractivity contribution in [3.8, 4) is 11.1 Å². The third-order valence-electron chi connectivity index (χ3n) is 6.00. The van der Waals surface area contributed by atoms with E-state index in [9.17, 15) is 4.79 Å². The molecule has 7 nitrogen and oxygen atoms in total. The lowest BCUT2D eigenvalue weighted by Crippen LogP contribution is -2.30. The molecule has 0 radical (unpaired) electrons. The van der Waals surface area contributed by atoms with Crippen LogP contribution in [0.1, 0.15) is 29.7 Å². The van der Waals surface area contributed by atoms with E-state index in [4.69, 9.17) is 5.10 Å². The average molecular weight is 376 g/mol. The van der Waals surface area contributed by atoms with Crippen LogP contribution in [-0.4, -0.2) is 44.0 Å². The van der Waals surface area contributed by atoms with Gasteiger partial charge in [-0.2, -0.15) is 10.2 Å². The summed E-state index contributed by atoms with van der Waals surface area (Å²) in [6.45, 7) is 4.56. The highest BCUT2D eigenvalue weighted by molar-refractivity contribution is 5.76. The Morgan fingerprint density at radius 3 is 2.82 bits per heavy atom. The molecule has 5 rings (SSSR count). The Kier molecular flexibility index (Phi) is 3.79. The standard InChI is InChI=1S/C21H24N6O/c1-14-10-27(21-18-12-26(13-28)7-6-19(18)25(3)23-21)20-5-4-15(8-17(14)20)16-9-22-24(2)11-16/h4-5,8-9,11,13-14H,6-7,10,12H2,1-3H3. The van der Waals surface area contributed by atoms with Crippen molar-refractivity contribution in [1.82, 2.24) is 24.5 Å². The normalized spacial score (nSPS) is 18.3. The van der Waals surface area contributed by atoms with Crippen LogP contribution in [0.5, 0.6) is 0 Å². The number of aryl methyl sites for hydroxylation is 2. The van der Waals surface area contributed by atoms with E-state index in [1.807, 2.05) is 40.8 Å². The topological polar surface area (TPSA) is 59.2 Å². The van der Waals surface area contributed by atoms with E-state index in [1.54, 1.807) is 0 Å². The van der Waals surface area contributed by atoms with Gasteiger partial charge in [0.15, 0.2) is 5.82 Å². The van der Waals surface area contributed by atoms with E-state index < -0.39 is 0 Å². The first kappa shape index (κ1) is 17.0. The van der Waals surface area contributed by atoms with Crippen molar-refractivity contribution in [2.45, 2.75) is 25.8 Å². The summed E-state index contributed by atoms with van der Waals surface area (Å²) in [5.41, 5.74) is 7.29. The molecule has 0 spiro atoms. The predicted octanol–water partition coefficient (Wildman–Crippen LogP) is 2.59. The number of amides is 1. The lowest BCUT2D eigenvalue weighted by molar-refractivity contribution is -0.118. The number of carbonyl (C=O) groups excluding carboxylic acids is 1. The number of hydrogen-bond acceptors (Lipinski definition) is 4. The molecule has 1 atom stereocenters. The minimum atomic E-state index is 0.412. The maximum Gasteiger partial charge on any atom is 0.210 e. The molecule has 2 aliphatic heterocycles. The summed E-state index contributed by atoms with van der Waals surface area (Å²) in [6.07, 6.45) is 5.75. The van der Waals surface area contributed by atoms with Gasteiger partial charge in [-0.25, -0.2) is 0 Å². The lowest BCUT2D eigenvalue weighted by Gasteiger charge is -2.25. The van der Waals surface area contributed by atoms with Crippen LogP contribution in [0.25, 0.3) is 11.1 Å². The largest absolute Gasteiger partial charge is 0.340 e. The zero-order valence-corrected chi connectivity index (χ0v) is 16.5. The molecule has 144 valence electrons. The van der Waals surface area contributed by atoms with Gasteiger partial charge in [-0.3, -0.25) is 14.2 Å². The van der Waals surface area contributed by atoms with E-state index >= 15 is 0 Å². The number of fused-ring (bicyclic) bond motifs is 2. The van der Waals surface area contributed by atoms with E-state index in [2.05, 4.69) is 35.1 Å². The van der Waals surface area contributed by atoms with Crippen molar-refractivity contribution in [2.24, 2.45) is 14.1 Å². The molecule has 1 unspecified atom stereocenters. The van der Waals surface area contributed by atoms with E-state index in [0.717, 1.165) is 37.3 Å². The van der Waals surface area contributed by atoms with Crippen molar-refractivity contribution in [3.63, 3.8) is 0 Å². The molecule has 3 aromatic rings. The van der Waals surface area contributed by atoms with Crippen molar-refractivity contribution < 1.29 is 4.79 Å². The monoisotopic (exact) mass is 376 g/mol. The van der Waals surface area contributed by atoms with Gasteiger partial charge in [0.1, 0.15) is 0 Å². The maximum atomic E-state index is 11.3. The second-order valence-electron chi connectivity index (χ2n) is 7.89. The molecule has 0 N–H and O–H groups in total. The van der Waals surface area contributed by atoms with Gasteiger partial charge >= 0.3 is 0 Å². The van der Waals surface area contributed by atoms with Gasteiger partial charge in [0.05, 0.1) is 12.7 Å². The fourth-order valence-electron chi connectivity index (χ4n) is 4.52. The second-order valence-corrected chi connectivity index (χ2v) is 7.89. The molecule has 0 saturated heterocycles. The van der Waals surface area contributed by atoms with E-state index in [0.29, 0.717) is 12.5 Å². The second kappa shape index (κ2) is 6.22. The summed E-state index contributed by atoms with van der Waals surface area (Å²) in [5.74, 6) is 1.40. The van der Waals surface area contributed by atoms with Crippen molar-refractivity contribution in [3.05, 3.63) is 47.4 Å². The van der Waals surface area contributed by atoms with Gasteiger partial charge in [-0.1, -0.05) is 13.0 Å². The smallest absolute Gasteiger partial charge is 0.210 e. The third-order valence-corrected chi connectivity index (χ3v) is 6.00. The predicted molar refractivity (Wildman–Crippen MR) is 107 cm³/mol. The highest BCUT2D eigenvalue weighted by Crippen LogP contribution is 2.44. The van der Waals surface area contributed by atoms with Crippen LogP contribution in [0.15, 0.2) is 30.6 Å². The van der Waals surface area contributed by atoms with Crippen LogP contribution in [0.3, 0.4) is 0 Å². The molecule has 0 aliphatic carbocycles. The Hall–Kier alpha value is -3.09. The number of benzene rings is 1. The average Bonchev–Trinajstić information content (AvgIpc) is 3.37.